The molecule has 0 saturated carbocycles. The SMILES string of the molecule is CCN(CC)c1ccc(C=C(C#N)S(C)(=O)=O)cc1. The van der Waals surface area contributed by atoms with E-state index in [0.717, 1.165) is 25.0 Å². The lowest BCUT2D eigenvalue weighted by Crippen LogP contribution is -2.21. The van der Waals surface area contributed by atoms with Crippen LogP contribution in [0, 0.1) is 11.3 Å². The minimum absolute atomic E-state index is 0.219. The van der Waals surface area contributed by atoms with Gasteiger partial charge in [0.1, 0.15) is 11.0 Å². The lowest BCUT2D eigenvalue weighted by atomic mass is 10.2. The Morgan fingerprint density at radius 2 is 1.79 bits per heavy atom. The Balaban J connectivity index is 3.07. The molecule has 0 fully saturated rings. The van der Waals surface area contributed by atoms with Crippen molar-refractivity contribution >= 4 is 21.6 Å². The zero-order valence-corrected chi connectivity index (χ0v) is 12.2. The third-order valence-corrected chi connectivity index (χ3v) is 3.84. The highest BCUT2D eigenvalue weighted by molar-refractivity contribution is 7.95. The smallest absolute Gasteiger partial charge is 0.185 e. The van der Waals surface area contributed by atoms with Gasteiger partial charge in [-0.05, 0) is 37.6 Å². The summed E-state index contributed by atoms with van der Waals surface area (Å²) in [4.78, 5) is 1.97. The zero-order chi connectivity index (χ0) is 14.5. The monoisotopic (exact) mass is 278 g/mol. The quantitative estimate of drug-likeness (QED) is 0.776. The minimum Gasteiger partial charge on any atom is -0.372 e. The van der Waals surface area contributed by atoms with Gasteiger partial charge in [0.25, 0.3) is 0 Å². The van der Waals surface area contributed by atoms with Crippen LogP contribution in [-0.4, -0.2) is 27.8 Å². The molecule has 0 unspecified atom stereocenters. The van der Waals surface area contributed by atoms with Crippen LogP contribution < -0.4 is 4.90 Å². The molecule has 0 aromatic heterocycles. The van der Waals surface area contributed by atoms with Crippen molar-refractivity contribution in [3.05, 3.63) is 34.7 Å². The highest BCUT2D eigenvalue weighted by atomic mass is 32.2. The molecule has 0 aliphatic carbocycles. The summed E-state index contributed by atoms with van der Waals surface area (Å²) in [6, 6.07) is 9.20. The number of allylic oxidation sites excluding steroid dienone is 1. The Bertz CT molecular complexity index is 591. The molecule has 0 bridgehead atoms. The normalized spacial score (nSPS) is 12.0. The number of hydrogen-bond donors (Lipinski definition) is 0. The lowest BCUT2D eigenvalue weighted by molar-refractivity contribution is 0.609. The van der Waals surface area contributed by atoms with E-state index in [1.165, 1.54) is 6.08 Å². The van der Waals surface area contributed by atoms with Crippen molar-refractivity contribution in [2.45, 2.75) is 13.8 Å². The number of rotatable bonds is 5. The highest BCUT2D eigenvalue weighted by Gasteiger charge is 2.10. The van der Waals surface area contributed by atoms with E-state index in [2.05, 4.69) is 18.7 Å². The number of sulfone groups is 1. The van der Waals surface area contributed by atoms with Gasteiger partial charge in [-0.15, -0.1) is 0 Å². The molecule has 0 heterocycles. The predicted molar refractivity (Wildman–Crippen MR) is 78.4 cm³/mol. The molecule has 0 aliphatic heterocycles. The van der Waals surface area contributed by atoms with Crippen LogP contribution >= 0.6 is 0 Å². The van der Waals surface area contributed by atoms with Gasteiger partial charge < -0.3 is 4.90 Å². The maximum Gasteiger partial charge on any atom is 0.185 e. The number of benzene rings is 1. The first-order valence-electron chi connectivity index (χ1n) is 6.09. The Hall–Kier alpha value is -1.80. The van der Waals surface area contributed by atoms with Gasteiger partial charge in [-0.25, -0.2) is 8.42 Å². The van der Waals surface area contributed by atoms with E-state index in [9.17, 15) is 8.42 Å². The molecule has 4 nitrogen and oxygen atoms in total. The molecule has 0 aliphatic rings. The zero-order valence-electron chi connectivity index (χ0n) is 11.4. The molecular formula is C14H18N2O2S. The van der Waals surface area contributed by atoms with Crippen molar-refractivity contribution in [3.8, 4) is 6.07 Å². The van der Waals surface area contributed by atoms with Crippen LogP contribution in [0.1, 0.15) is 19.4 Å². The molecule has 5 heteroatoms. The Morgan fingerprint density at radius 1 is 1.26 bits per heavy atom. The first-order chi connectivity index (χ1) is 8.92. The summed E-state index contributed by atoms with van der Waals surface area (Å²) in [6.45, 7) is 5.99. The van der Waals surface area contributed by atoms with E-state index in [4.69, 9.17) is 5.26 Å². The van der Waals surface area contributed by atoms with Crippen molar-refractivity contribution in [2.75, 3.05) is 24.2 Å². The van der Waals surface area contributed by atoms with Gasteiger partial charge in [0, 0.05) is 25.0 Å². The van der Waals surface area contributed by atoms with Crippen LogP contribution in [0.25, 0.3) is 6.08 Å². The summed E-state index contributed by atoms with van der Waals surface area (Å²) in [5.41, 5.74) is 1.79. The first kappa shape index (κ1) is 15.3. The van der Waals surface area contributed by atoms with Crippen LogP contribution in [0.3, 0.4) is 0 Å². The Morgan fingerprint density at radius 3 is 2.16 bits per heavy atom. The van der Waals surface area contributed by atoms with Crippen molar-refractivity contribution in [1.82, 2.24) is 0 Å². The fraction of sp³-hybridized carbons (Fsp3) is 0.357. The number of hydrogen-bond acceptors (Lipinski definition) is 4. The first-order valence-corrected chi connectivity index (χ1v) is 7.98. The molecular weight excluding hydrogens is 260 g/mol. The van der Waals surface area contributed by atoms with E-state index < -0.39 is 9.84 Å². The Kier molecular flexibility index (Phi) is 5.13. The average Bonchev–Trinajstić information content (AvgIpc) is 2.37. The van der Waals surface area contributed by atoms with Gasteiger partial charge in [0.05, 0.1) is 0 Å². The molecule has 1 aromatic rings. The topological polar surface area (TPSA) is 61.2 Å². The van der Waals surface area contributed by atoms with E-state index in [0.29, 0.717) is 5.56 Å². The summed E-state index contributed by atoms with van der Waals surface area (Å²) in [5.74, 6) is 0. The molecule has 1 rings (SSSR count). The summed E-state index contributed by atoms with van der Waals surface area (Å²) >= 11 is 0. The molecule has 19 heavy (non-hydrogen) atoms. The van der Waals surface area contributed by atoms with Gasteiger partial charge >= 0.3 is 0 Å². The molecule has 0 N–H and O–H groups in total. The van der Waals surface area contributed by atoms with Gasteiger partial charge in [-0.1, -0.05) is 12.1 Å². The highest BCUT2D eigenvalue weighted by Crippen LogP contribution is 2.17. The fourth-order valence-corrected chi connectivity index (χ4v) is 2.26. The van der Waals surface area contributed by atoms with Gasteiger partial charge in [0.15, 0.2) is 9.84 Å². The van der Waals surface area contributed by atoms with Crippen LogP contribution in [0.5, 0.6) is 0 Å². The second-order valence-electron chi connectivity index (χ2n) is 4.16. The molecule has 0 radical (unpaired) electrons. The minimum atomic E-state index is -3.46. The van der Waals surface area contributed by atoms with Crippen molar-refractivity contribution < 1.29 is 8.42 Å². The summed E-state index contributed by atoms with van der Waals surface area (Å²) in [5, 5.41) is 8.84. The predicted octanol–water partition coefficient (Wildman–Crippen LogP) is 2.44. The van der Waals surface area contributed by atoms with E-state index in [1.54, 1.807) is 6.07 Å². The number of anilines is 1. The fourth-order valence-electron chi connectivity index (χ4n) is 1.74. The van der Waals surface area contributed by atoms with Crippen molar-refractivity contribution in [3.63, 3.8) is 0 Å². The number of nitriles is 1. The summed E-state index contributed by atoms with van der Waals surface area (Å²) < 4.78 is 22.7. The van der Waals surface area contributed by atoms with Gasteiger partial charge in [0.2, 0.25) is 0 Å². The Labute approximate surface area is 114 Å². The maximum atomic E-state index is 11.3. The second-order valence-corrected chi connectivity index (χ2v) is 6.14. The third kappa shape index (κ3) is 4.11. The van der Waals surface area contributed by atoms with Crippen LogP contribution in [0.15, 0.2) is 29.2 Å². The second kappa shape index (κ2) is 6.39. The standard InChI is InChI=1S/C14H18N2O2S/c1-4-16(5-2)13-8-6-12(7-9-13)10-14(11-15)19(3,17)18/h6-10H,4-5H2,1-3H3. The molecule has 0 saturated heterocycles. The van der Waals surface area contributed by atoms with E-state index in [-0.39, 0.29) is 4.91 Å². The maximum absolute atomic E-state index is 11.3. The summed E-state index contributed by atoms with van der Waals surface area (Å²) in [6.07, 6.45) is 2.42. The van der Waals surface area contributed by atoms with E-state index in [1.807, 2.05) is 24.3 Å². The molecule has 0 spiro atoms. The third-order valence-electron chi connectivity index (χ3n) is 2.83. The molecule has 0 atom stereocenters. The van der Waals surface area contributed by atoms with Crippen molar-refractivity contribution in [1.29, 1.82) is 5.26 Å². The molecule has 0 amide bonds. The van der Waals surface area contributed by atoms with Gasteiger partial charge in [-0.2, -0.15) is 5.26 Å². The van der Waals surface area contributed by atoms with Crippen molar-refractivity contribution in [2.24, 2.45) is 0 Å². The number of nitrogens with zero attached hydrogens (tertiary/aromatic N) is 2. The lowest BCUT2D eigenvalue weighted by Gasteiger charge is -2.20. The summed E-state index contributed by atoms with van der Waals surface area (Å²) in [7, 11) is -3.46. The van der Waals surface area contributed by atoms with E-state index >= 15 is 0 Å². The molecule has 102 valence electrons. The largest absolute Gasteiger partial charge is 0.372 e. The van der Waals surface area contributed by atoms with Gasteiger partial charge in [-0.3, -0.25) is 0 Å². The molecule has 1 aromatic carbocycles. The van der Waals surface area contributed by atoms with Crippen LogP contribution in [0.4, 0.5) is 5.69 Å². The van der Waals surface area contributed by atoms with Crippen LogP contribution in [-0.2, 0) is 9.84 Å². The van der Waals surface area contributed by atoms with Crippen LogP contribution in [0.2, 0.25) is 0 Å². The average molecular weight is 278 g/mol.